The van der Waals surface area contributed by atoms with Crippen LogP contribution in [0.5, 0.6) is 5.88 Å². The maximum Gasteiger partial charge on any atom is 0.213 e. The van der Waals surface area contributed by atoms with Crippen molar-refractivity contribution >= 4 is 39.8 Å². The van der Waals surface area contributed by atoms with Crippen molar-refractivity contribution in [2.45, 2.75) is 26.2 Å². The lowest BCUT2D eigenvalue weighted by Crippen LogP contribution is -2.14. The summed E-state index contributed by atoms with van der Waals surface area (Å²) < 4.78 is 10.2. The Morgan fingerprint density at radius 3 is 2.68 bits per heavy atom. The molecule has 3 aromatic heterocycles. The van der Waals surface area contributed by atoms with E-state index in [2.05, 4.69) is 20.2 Å². The first-order valence-corrected chi connectivity index (χ1v) is 12.8. The van der Waals surface area contributed by atoms with Crippen LogP contribution in [0.2, 0.25) is 0 Å². The molecular formula is C20H28N6O2S3. The van der Waals surface area contributed by atoms with E-state index in [0.717, 1.165) is 58.0 Å². The molecule has 0 aliphatic carbocycles. The number of aromatic nitrogens is 3. The highest BCUT2D eigenvalue weighted by Gasteiger charge is 2.13. The Labute approximate surface area is 195 Å². The fraction of sp³-hybridized carbons (Fsp3) is 0.450. The molecule has 11 heteroatoms. The summed E-state index contributed by atoms with van der Waals surface area (Å²) in [5.74, 6) is 1.53. The third-order valence-corrected chi connectivity index (χ3v) is 6.67. The molecule has 31 heavy (non-hydrogen) atoms. The maximum absolute atomic E-state index is 5.47. The summed E-state index contributed by atoms with van der Waals surface area (Å²) in [6.07, 6.45) is 5.33. The number of nitrogens with zero attached hydrogens (tertiary/aromatic N) is 3. The molecular weight excluding hydrogens is 452 g/mol. The number of hydrazine groups is 1. The minimum atomic E-state index is 0.584. The van der Waals surface area contributed by atoms with Gasteiger partial charge in [-0.05, 0) is 38.3 Å². The van der Waals surface area contributed by atoms with Crippen LogP contribution in [0.15, 0.2) is 23.0 Å². The van der Waals surface area contributed by atoms with Gasteiger partial charge in [0.1, 0.15) is 16.4 Å². The molecule has 0 spiro atoms. The lowest BCUT2D eigenvalue weighted by Gasteiger charge is -2.04. The van der Waals surface area contributed by atoms with Gasteiger partial charge in [-0.25, -0.2) is 15.0 Å². The van der Waals surface area contributed by atoms with Gasteiger partial charge >= 0.3 is 0 Å². The van der Waals surface area contributed by atoms with Crippen LogP contribution in [0, 0.1) is 6.92 Å². The summed E-state index contributed by atoms with van der Waals surface area (Å²) in [5.41, 5.74) is 12.4. The van der Waals surface area contributed by atoms with Crippen molar-refractivity contribution in [3.8, 4) is 27.8 Å². The van der Waals surface area contributed by atoms with Crippen molar-refractivity contribution in [2.75, 3.05) is 38.0 Å². The molecule has 0 bridgehead atoms. The monoisotopic (exact) mass is 480 g/mol. The average molecular weight is 481 g/mol. The molecule has 4 rings (SSSR count). The van der Waals surface area contributed by atoms with E-state index >= 15 is 0 Å². The first kappa shape index (κ1) is 23.9. The number of hydrogen-bond donors (Lipinski definition) is 3. The molecule has 0 atom stereocenters. The standard InChI is InChI=1S/C16H20N6OS3.C4H8O/c1-10-7-18-14(23-2)6-11(10)15-19-12(8-24-15)13-9-25-16(20-13)21-22-26-5-3-4-17;1-2-4-5-3-1/h6-9,22H,3-5,17H2,1-2H3,(H,20,21);1-4H2. The molecule has 1 aliphatic heterocycles. The zero-order valence-corrected chi connectivity index (χ0v) is 20.2. The summed E-state index contributed by atoms with van der Waals surface area (Å²) in [6.45, 7) is 4.72. The van der Waals surface area contributed by atoms with Crippen molar-refractivity contribution in [1.82, 2.24) is 19.8 Å². The Morgan fingerprint density at radius 1 is 1.19 bits per heavy atom. The topological polar surface area (TPSA) is 107 Å². The minimum absolute atomic E-state index is 0.584. The van der Waals surface area contributed by atoms with Crippen LogP contribution in [-0.2, 0) is 4.74 Å². The normalized spacial score (nSPS) is 13.0. The quantitative estimate of drug-likeness (QED) is 0.234. The number of anilines is 1. The molecule has 4 heterocycles. The van der Waals surface area contributed by atoms with Crippen molar-refractivity contribution in [2.24, 2.45) is 5.73 Å². The highest BCUT2D eigenvalue weighted by Crippen LogP contribution is 2.33. The van der Waals surface area contributed by atoms with Crippen molar-refractivity contribution in [3.05, 3.63) is 28.6 Å². The average Bonchev–Trinajstić information content (AvgIpc) is 3.57. The molecule has 168 valence electrons. The molecule has 8 nitrogen and oxygen atoms in total. The van der Waals surface area contributed by atoms with E-state index in [9.17, 15) is 0 Å². The highest BCUT2D eigenvalue weighted by molar-refractivity contribution is 7.97. The first-order chi connectivity index (χ1) is 15.2. The van der Waals surface area contributed by atoms with E-state index in [1.165, 1.54) is 24.2 Å². The van der Waals surface area contributed by atoms with Gasteiger partial charge < -0.3 is 15.2 Å². The van der Waals surface area contributed by atoms with E-state index < -0.39 is 0 Å². The molecule has 4 N–H and O–H groups in total. The molecule has 0 saturated carbocycles. The second-order valence-electron chi connectivity index (χ2n) is 6.65. The second-order valence-corrected chi connectivity index (χ2v) is 9.27. The summed E-state index contributed by atoms with van der Waals surface area (Å²) >= 11 is 4.70. The Bertz CT molecular complexity index is 922. The molecule has 1 aliphatic rings. The summed E-state index contributed by atoms with van der Waals surface area (Å²) in [6, 6.07) is 1.91. The van der Waals surface area contributed by atoms with Crippen LogP contribution in [0.1, 0.15) is 24.8 Å². The smallest absolute Gasteiger partial charge is 0.213 e. The number of thiazole rings is 2. The number of nitrogens with one attached hydrogen (secondary N) is 2. The third kappa shape index (κ3) is 7.41. The Balaban J connectivity index is 0.000000478. The van der Waals surface area contributed by atoms with E-state index in [1.807, 2.05) is 23.8 Å². The predicted molar refractivity (Wildman–Crippen MR) is 131 cm³/mol. The number of ether oxygens (including phenoxy) is 2. The fourth-order valence-electron chi connectivity index (χ4n) is 2.61. The van der Waals surface area contributed by atoms with Gasteiger partial charge in [-0.3, -0.25) is 5.43 Å². The molecule has 1 fully saturated rings. The molecule has 0 aromatic carbocycles. The molecule has 0 unspecified atom stereocenters. The Hall–Kier alpha value is -1.76. The van der Waals surface area contributed by atoms with Crippen molar-refractivity contribution in [1.29, 1.82) is 0 Å². The van der Waals surface area contributed by atoms with Gasteiger partial charge in [0.05, 0.1) is 7.11 Å². The number of pyridine rings is 1. The molecule has 3 aromatic rings. The summed E-state index contributed by atoms with van der Waals surface area (Å²) in [7, 11) is 1.61. The first-order valence-electron chi connectivity index (χ1n) is 10.0. The lowest BCUT2D eigenvalue weighted by atomic mass is 10.2. The zero-order valence-electron chi connectivity index (χ0n) is 17.7. The zero-order chi connectivity index (χ0) is 21.9. The fourth-order valence-corrected chi connectivity index (χ4v) is 4.81. The second kappa shape index (κ2) is 12.9. The van der Waals surface area contributed by atoms with E-state index in [0.29, 0.717) is 12.4 Å². The van der Waals surface area contributed by atoms with Crippen LogP contribution in [0.3, 0.4) is 0 Å². The van der Waals surface area contributed by atoms with Crippen LogP contribution in [0.25, 0.3) is 22.0 Å². The van der Waals surface area contributed by atoms with Gasteiger partial charge in [0.25, 0.3) is 0 Å². The number of nitrogens with two attached hydrogens (primary N) is 1. The van der Waals surface area contributed by atoms with Crippen molar-refractivity contribution < 1.29 is 9.47 Å². The molecule has 0 radical (unpaired) electrons. The number of hydrogen-bond acceptors (Lipinski definition) is 11. The minimum Gasteiger partial charge on any atom is -0.481 e. The number of aryl methyl sites for hydroxylation is 1. The van der Waals surface area contributed by atoms with Gasteiger partial charge in [-0.1, -0.05) is 11.9 Å². The Morgan fingerprint density at radius 2 is 1.97 bits per heavy atom. The summed E-state index contributed by atoms with van der Waals surface area (Å²) in [5, 5.41) is 5.74. The SMILES string of the molecule is C1CCOC1.COc1cc(-c2nc(-c3csc(NNSCCCN)n3)cs2)c(C)cn1. The predicted octanol–water partition coefficient (Wildman–Crippen LogP) is 4.36. The maximum atomic E-state index is 5.47. The third-order valence-electron chi connectivity index (χ3n) is 4.30. The van der Waals surface area contributed by atoms with Gasteiger partial charge in [-0.2, -0.15) is 4.83 Å². The van der Waals surface area contributed by atoms with Crippen LogP contribution < -0.4 is 20.7 Å². The van der Waals surface area contributed by atoms with Crippen LogP contribution >= 0.6 is 34.6 Å². The van der Waals surface area contributed by atoms with Gasteiger partial charge in [0.15, 0.2) is 5.13 Å². The van der Waals surface area contributed by atoms with E-state index in [4.69, 9.17) is 20.2 Å². The largest absolute Gasteiger partial charge is 0.481 e. The summed E-state index contributed by atoms with van der Waals surface area (Å²) in [4.78, 5) is 16.6. The van der Waals surface area contributed by atoms with Crippen molar-refractivity contribution in [3.63, 3.8) is 0 Å². The van der Waals surface area contributed by atoms with Crippen LogP contribution in [-0.4, -0.2) is 47.6 Å². The van der Waals surface area contributed by atoms with Gasteiger partial charge in [0, 0.05) is 47.6 Å². The lowest BCUT2D eigenvalue weighted by molar-refractivity contribution is 0.198. The molecule has 0 amide bonds. The number of methoxy groups -OCH3 is 1. The highest BCUT2D eigenvalue weighted by atomic mass is 32.2. The van der Waals surface area contributed by atoms with Gasteiger partial charge in [-0.15, -0.1) is 22.7 Å². The van der Waals surface area contributed by atoms with Crippen LogP contribution in [0.4, 0.5) is 5.13 Å². The van der Waals surface area contributed by atoms with Gasteiger partial charge in [0.2, 0.25) is 5.88 Å². The van der Waals surface area contributed by atoms with E-state index in [1.54, 1.807) is 36.6 Å². The van der Waals surface area contributed by atoms with E-state index in [-0.39, 0.29) is 0 Å². The molecule has 1 saturated heterocycles. The Kier molecular flexibility index (Phi) is 9.97. The number of rotatable bonds is 9.